The Morgan fingerprint density at radius 2 is 2.00 bits per heavy atom. The molecule has 0 radical (unpaired) electrons. The van der Waals surface area contributed by atoms with Crippen LogP contribution in [-0.4, -0.2) is 52.2 Å². The number of hydrogen-bond acceptors (Lipinski definition) is 6. The summed E-state index contributed by atoms with van der Waals surface area (Å²) >= 11 is 0. The van der Waals surface area contributed by atoms with Crippen LogP contribution in [0.15, 0.2) is 34.2 Å². The second-order valence-electron chi connectivity index (χ2n) is 6.53. The van der Waals surface area contributed by atoms with Gasteiger partial charge in [0.25, 0.3) is 10.0 Å². The number of nitrogens with zero attached hydrogens (tertiary/aromatic N) is 1. The number of carbonyl (C=O) groups is 1. The maximum Gasteiger partial charge on any atom is 0.263 e. The summed E-state index contributed by atoms with van der Waals surface area (Å²) in [6.07, 6.45) is 0.436. The molecular weight excluding hydrogens is 366 g/mol. The predicted molar refractivity (Wildman–Crippen MR) is 92.6 cm³/mol. The number of sulfone groups is 1. The van der Waals surface area contributed by atoms with Crippen LogP contribution in [0.3, 0.4) is 0 Å². The van der Waals surface area contributed by atoms with Crippen LogP contribution in [0.4, 0.5) is 0 Å². The number of rotatable bonds is 4. The summed E-state index contributed by atoms with van der Waals surface area (Å²) in [7, 11) is -6.69. The summed E-state index contributed by atoms with van der Waals surface area (Å²) in [5.41, 5.74) is -0.262. The van der Waals surface area contributed by atoms with Crippen molar-refractivity contribution in [1.29, 1.82) is 0 Å². The molecule has 1 aromatic rings. The molecule has 1 fully saturated rings. The predicted octanol–water partition coefficient (Wildman–Crippen LogP) is -0.191. The van der Waals surface area contributed by atoms with Crippen molar-refractivity contribution in [1.82, 2.24) is 10.0 Å². The maximum atomic E-state index is 12.0. The van der Waals surface area contributed by atoms with Crippen molar-refractivity contribution in [3.05, 3.63) is 29.8 Å². The summed E-state index contributed by atoms with van der Waals surface area (Å²) in [6.45, 7) is 1.81. The molecule has 2 heterocycles. The van der Waals surface area contributed by atoms with E-state index in [0.29, 0.717) is 12.0 Å². The smallest absolute Gasteiger partial charge is 0.263 e. The van der Waals surface area contributed by atoms with Gasteiger partial charge < -0.3 is 5.32 Å². The van der Waals surface area contributed by atoms with Gasteiger partial charge >= 0.3 is 0 Å². The van der Waals surface area contributed by atoms with Gasteiger partial charge in [0.2, 0.25) is 5.91 Å². The van der Waals surface area contributed by atoms with Crippen molar-refractivity contribution >= 4 is 31.6 Å². The third kappa shape index (κ3) is 3.84. The Morgan fingerprint density at radius 3 is 2.68 bits per heavy atom. The van der Waals surface area contributed by atoms with E-state index in [0.717, 1.165) is 0 Å². The molecule has 2 aliphatic rings. The van der Waals surface area contributed by atoms with E-state index in [1.54, 1.807) is 25.1 Å². The van der Waals surface area contributed by atoms with Crippen molar-refractivity contribution < 1.29 is 21.6 Å². The van der Waals surface area contributed by atoms with Gasteiger partial charge in [-0.05, 0) is 25.5 Å². The Hall–Kier alpha value is -1.94. The van der Waals surface area contributed by atoms with Crippen LogP contribution < -0.4 is 10.0 Å². The van der Waals surface area contributed by atoms with Crippen LogP contribution in [0.1, 0.15) is 25.3 Å². The highest BCUT2D eigenvalue weighted by Gasteiger charge is 2.39. The van der Waals surface area contributed by atoms with Crippen molar-refractivity contribution in [3.63, 3.8) is 0 Å². The van der Waals surface area contributed by atoms with E-state index < -0.39 is 25.4 Å². The second kappa shape index (κ2) is 6.10. The zero-order valence-corrected chi connectivity index (χ0v) is 15.3. The summed E-state index contributed by atoms with van der Waals surface area (Å²) in [6, 6.07) is 6.49. The van der Waals surface area contributed by atoms with Crippen LogP contribution in [0.5, 0.6) is 0 Å². The molecule has 0 saturated carbocycles. The van der Waals surface area contributed by atoms with Gasteiger partial charge in [0.05, 0.1) is 28.5 Å². The minimum Gasteiger partial charge on any atom is -0.350 e. The molecule has 2 aliphatic heterocycles. The zero-order valence-electron chi connectivity index (χ0n) is 13.6. The minimum atomic E-state index is -3.59. The fourth-order valence-electron chi connectivity index (χ4n) is 3.03. The lowest BCUT2D eigenvalue weighted by Gasteiger charge is -2.23. The summed E-state index contributed by atoms with van der Waals surface area (Å²) in [5.74, 6) is -0.0749. The summed E-state index contributed by atoms with van der Waals surface area (Å²) < 4.78 is 49.4. The Kier molecular flexibility index (Phi) is 4.36. The van der Waals surface area contributed by atoms with E-state index in [1.807, 2.05) is 0 Å². The van der Waals surface area contributed by atoms with Crippen molar-refractivity contribution in [3.8, 4) is 0 Å². The molecule has 136 valence electrons. The zero-order chi connectivity index (χ0) is 18.3. The van der Waals surface area contributed by atoms with Gasteiger partial charge in [0.1, 0.15) is 5.84 Å². The number of benzene rings is 1. The van der Waals surface area contributed by atoms with Crippen LogP contribution in [-0.2, 0) is 24.7 Å². The minimum absolute atomic E-state index is 0.0447. The maximum absolute atomic E-state index is 12.0. The van der Waals surface area contributed by atoms with Gasteiger partial charge in [-0.25, -0.2) is 16.8 Å². The SMILES string of the molecule is C[C@@]1(NC(=O)CCN=C2NS(=O)(=O)c3ccccc32)CCS(=O)(=O)C1. The highest BCUT2D eigenvalue weighted by Crippen LogP contribution is 2.23. The number of aliphatic imine (C=N–C) groups is 1. The highest BCUT2D eigenvalue weighted by atomic mass is 32.2. The first-order chi connectivity index (χ1) is 11.6. The molecule has 3 rings (SSSR count). The van der Waals surface area contributed by atoms with E-state index in [-0.39, 0.29) is 41.1 Å². The monoisotopic (exact) mass is 385 g/mol. The number of amidine groups is 1. The molecule has 1 amide bonds. The van der Waals surface area contributed by atoms with Gasteiger partial charge in [0, 0.05) is 12.0 Å². The average molecular weight is 385 g/mol. The first-order valence-electron chi connectivity index (χ1n) is 7.78. The molecule has 25 heavy (non-hydrogen) atoms. The number of hydrogen-bond donors (Lipinski definition) is 2. The molecule has 0 aromatic heterocycles. The third-order valence-electron chi connectivity index (χ3n) is 4.22. The van der Waals surface area contributed by atoms with Crippen LogP contribution in [0, 0.1) is 0 Å². The number of fused-ring (bicyclic) bond motifs is 1. The van der Waals surface area contributed by atoms with E-state index in [4.69, 9.17) is 0 Å². The van der Waals surface area contributed by atoms with Gasteiger partial charge in [-0.2, -0.15) is 0 Å². The molecule has 0 spiro atoms. The Labute approximate surface area is 146 Å². The number of nitrogens with one attached hydrogen (secondary N) is 2. The Bertz CT molecular complexity index is 953. The lowest BCUT2D eigenvalue weighted by Crippen LogP contribution is -2.47. The normalized spacial score (nSPS) is 27.6. The number of carbonyl (C=O) groups excluding carboxylic acids is 1. The molecule has 2 N–H and O–H groups in total. The lowest BCUT2D eigenvalue weighted by molar-refractivity contribution is -0.122. The molecular formula is C15H19N3O5S2. The van der Waals surface area contributed by atoms with Crippen molar-refractivity contribution in [2.45, 2.75) is 30.2 Å². The fraction of sp³-hybridized carbons (Fsp3) is 0.467. The number of sulfonamides is 1. The summed E-state index contributed by atoms with van der Waals surface area (Å²) in [4.78, 5) is 16.4. The third-order valence-corrected chi connectivity index (χ3v) is 7.52. The van der Waals surface area contributed by atoms with E-state index in [1.165, 1.54) is 6.07 Å². The van der Waals surface area contributed by atoms with E-state index in [2.05, 4.69) is 15.0 Å². The first kappa shape index (κ1) is 17.9. The largest absolute Gasteiger partial charge is 0.350 e. The van der Waals surface area contributed by atoms with Gasteiger partial charge in [-0.3, -0.25) is 14.5 Å². The fourth-order valence-corrected chi connectivity index (χ4v) is 6.37. The molecule has 8 nitrogen and oxygen atoms in total. The van der Waals surface area contributed by atoms with Crippen LogP contribution in [0.2, 0.25) is 0 Å². The molecule has 1 aromatic carbocycles. The van der Waals surface area contributed by atoms with Crippen molar-refractivity contribution in [2.75, 3.05) is 18.1 Å². The molecule has 1 saturated heterocycles. The van der Waals surface area contributed by atoms with Gasteiger partial charge in [0.15, 0.2) is 9.84 Å². The molecule has 0 aliphatic carbocycles. The molecule has 0 bridgehead atoms. The van der Waals surface area contributed by atoms with E-state index >= 15 is 0 Å². The number of amides is 1. The standard InChI is InChI=1S/C15H19N3O5S2/c1-15(7-9-24(20,21)10-15)17-13(19)6-8-16-14-11-4-2-3-5-12(11)25(22,23)18-14/h2-5H,6-10H2,1H3,(H,16,18)(H,17,19)/t15-/m1/s1. The Balaban J connectivity index is 1.62. The second-order valence-corrected chi connectivity index (χ2v) is 10.4. The van der Waals surface area contributed by atoms with Crippen LogP contribution >= 0.6 is 0 Å². The van der Waals surface area contributed by atoms with E-state index in [9.17, 15) is 21.6 Å². The Morgan fingerprint density at radius 1 is 1.28 bits per heavy atom. The van der Waals surface area contributed by atoms with Gasteiger partial charge in [-0.1, -0.05) is 12.1 Å². The molecule has 10 heteroatoms. The van der Waals surface area contributed by atoms with Crippen molar-refractivity contribution in [2.24, 2.45) is 4.99 Å². The van der Waals surface area contributed by atoms with Gasteiger partial charge in [-0.15, -0.1) is 0 Å². The highest BCUT2D eigenvalue weighted by molar-refractivity contribution is 7.91. The molecule has 0 unspecified atom stereocenters. The average Bonchev–Trinajstić information content (AvgIpc) is 2.93. The lowest BCUT2D eigenvalue weighted by atomic mass is 10.0. The quantitative estimate of drug-likeness (QED) is 0.744. The molecule has 1 atom stereocenters. The first-order valence-corrected chi connectivity index (χ1v) is 11.1. The topological polar surface area (TPSA) is 122 Å². The summed E-state index contributed by atoms with van der Waals surface area (Å²) in [5, 5.41) is 2.75. The van der Waals surface area contributed by atoms with Crippen LogP contribution in [0.25, 0.3) is 0 Å².